The maximum Gasteiger partial charge on any atom is 0.413 e. The Morgan fingerprint density at radius 3 is 2.54 bits per heavy atom. The van der Waals surface area contributed by atoms with Crippen LogP contribution in [-0.2, 0) is 20.8 Å². The lowest BCUT2D eigenvalue weighted by Crippen LogP contribution is -2.44. The summed E-state index contributed by atoms with van der Waals surface area (Å²) in [6.07, 6.45) is 2.74. The zero-order valence-electron chi connectivity index (χ0n) is 21.4. The third kappa shape index (κ3) is 9.65. The minimum Gasteiger partial charge on any atom is -0.497 e. The Bertz CT molecular complexity index is 804. The van der Waals surface area contributed by atoms with Crippen molar-refractivity contribution < 1.29 is 33.6 Å². The van der Waals surface area contributed by atoms with Gasteiger partial charge in [-0.25, -0.2) is 4.79 Å². The molecule has 2 rings (SSSR count). The molecule has 0 saturated carbocycles. The molecule has 0 radical (unpaired) electrons. The molecule has 0 aromatic heterocycles. The molecule has 0 aliphatic carbocycles. The summed E-state index contributed by atoms with van der Waals surface area (Å²) in [6.45, 7) is 5.33. The van der Waals surface area contributed by atoms with Crippen molar-refractivity contribution >= 4 is 33.7 Å². The van der Waals surface area contributed by atoms with E-state index in [0.29, 0.717) is 23.2 Å². The number of nitrogens with zero attached hydrogens (tertiary/aromatic N) is 1. The van der Waals surface area contributed by atoms with Crippen LogP contribution in [0.5, 0.6) is 11.5 Å². The molecule has 1 fully saturated rings. The minimum absolute atomic E-state index is 0.0900. The van der Waals surface area contributed by atoms with E-state index >= 15 is 0 Å². The monoisotopic (exact) mass is 529 g/mol. The molecule has 1 heterocycles. The molecule has 0 bridgehead atoms. The third-order valence-corrected chi connectivity index (χ3v) is 9.13. The average molecular weight is 530 g/mol. The first-order valence-electron chi connectivity index (χ1n) is 12.1. The highest BCUT2D eigenvalue weighted by Crippen LogP contribution is 2.39. The minimum atomic E-state index is -1.02. The van der Waals surface area contributed by atoms with Gasteiger partial charge in [0, 0.05) is 48.6 Å². The van der Waals surface area contributed by atoms with Crippen LogP contribution in [0.2, 0.25) is 0 Å². The Balaban J connectivity index is 1.94. The summed E-state index contributed by atoms with van der Waals surface area (Å²) in [6, 6.07) is 5.01. The molecule has 4 unspecified atom stereocenters. The Hall–Kier alpha value is -1.78. The topological polar surface area (TPSA) is 94.5 Å². The van der Waals surface area contributed by atoms with E-state index in [1.807, 2.05) is 41.5 Å². The van der Waals surface area contributed by atoms with Crippen LogP contribution in [0.25, 0.3) is 0 Å². The van der Waals surface area contributed by atoms with Gasteiger partial charge in [0.15, 0.2) is 0 Å². The van der Waals surface area contributed by atoms with Gasteiger partial charge in [0.05, 0.1) is 20.8 Å². The number of ether oxygens (including phenoxy) is 4. The van der Waals surface area contributed by atoms with Crippen molar-refractivity contribution in [1.29, 1.82) is 0 Å². The maximum absolute atomic E-state index is 13.1. The summed E-state index contributed by atoms with van der Waals surface area (Å²) in [4.78, 5) is 26.8. The smallest absolute Gasteiger partial charge is 0.413 e. The van der Waals surface area contributed by atoms with E-state index < -0.39 is 12.4 Å². The highest BCUT2D eigenvalue weighted by Gasteiger charge is 2.29. The highest BCUT2D eigenvalue weighted by molar-refractivity contribution is 8.77. The van der Waals surface area contributed by atoms with Gasteiger partial charge in [-0.3, -0.25) is 4.79 Å². The fourth-order valence-corrected chi connectivity index (χ4v) is 6.71. The fourth-order valence-electron chi connectivity index (χ4n) is 3.68. The maximum atomic E-state index is 13.1. The Morgan fingerprint density at radius 2 is 1.91 bits per heavy atom. The molecule has 1 aromatic carbocycles. The first-order valence-corrected chi connectivity index (χ1v) is 14.4. The number of hydrogen-bond acceptors (Lipinski definition) is 9. The van der Waals surface area contributed by atoms with Crippen molar-refractivity contribution in [3.8, 4) is 11.5 Å². The number of hydrogen-bond donors (Lipinski definition) is 1. The van der Waals surface area contributed by atoms with Crippen molar-refractivity contribution in [1.82, 2.24) is 4.90 Å². The highest BCUT2D eigenvalue weighted by atomic mass is 33.1. The quantitative estimate of drug-likeness (QED) is 0.150. The fraction of sp³-hybridized carbons (Fsp3) is 0.680. The molecule has 1 amide bonds. The van der Waals surface area contributed by atoms with E-state index in [1.54, 1.807) is 26.4 Å². The normalized spacial score (nSPS) is 17.8. The van der Waals surface area contributed by atoms with Gasteiger partial charge in [-0.15, -0.1) is 0 Å². The number of esters is 1. The van der Waals surface area contributed by atoms with Crippen molar-refractivity contribution in [2.75, 3.05) is 26.6 Å². The molecule has 0 spiro atoms. The number of unbranched alkanes of at least 4 members (excludes halogenated alkanes) is 1. The number of carbonyl (C=O) groups is 2. The Morgan fingerprint density at radius 1 is 1.14 bits per heavy atom. The van der Waals surface area contributed by atoms with Gasteiger partial charge in [0.2, 0.25) is 6.29 Å². The van der Waals surface area contributed by atoms with E-state index in [9.17, 15) is 14.7 Å². The van der Waals surface area contributed by atoms with Gasteiger partial charge >= 0.3 is 12.1 Å². The molecule has 8 nitrogen and oxygen atoms in total. The molecule has 198 valence electrons. The number of amides is 1. The van der Waals surface area contributed by atoms with Crippen LogP contribution in [0.4, 0.5) is 4.79 Å². The van der Waals surface area contributed by atoms with Crippen molar-refractivity contribution in [2.45, 2.75) is 77.0 Å². The summed E-state index contributed by atoms with van der Waals surface area (Å²) in [5.41, 5.74) is 0.755. The van der Waals surface area contributed by atoms with Crippen LogP contribution < -0.4 is 9.47 Å². The van der Waals surface area contributed by atoms with Crippen molar-refractivity contribution in [3.05, 3.63) is 23.8 Å². The largest absolute Gasteiger partial charge is 0.497 e. The molecule has 35 heavy (non-hydrogen) atoms. The standard InChI is InChI=1S/C25H39NO7S2/c1-17(16-27)18(2)26(15-20-10-11-21(30-4)14-23(20)31-5)25(29)33-19(3)32-24(28)9-7-6-8-22-12-13-34-35-22/h10-11,14,17-19,22,27H,6-9,12-13,15-16H2,1-5H3. The molecule has 1 saturated heterocycles. The van der Waals surface area contributed by atoms with Crippen molar-refractivity contribution in [3.63, 3.8) is 0 Å². The van der Waals surface area contributed by atoms with E-state index in [2.05, 4.69) is 0 Å². The van der Waals surface area contributed by atoms with Crippen molar-refractivity contribution in [2.24, 2.45) is 5.92 Å². The molecule has 1 aliphatic heterocycles. The van der Waals surface area contributed by atoms with E-state index in [1.165, 1.54) is 24.0 Å². The summed E-state index contributed by atoms with van der Waals surface area (Å²) in [5.74, 6) is 1.84. The second-order valence-corrected chi connectivity index (χ2v) is 11.5. The molecule has 1 N–H and O–H groups in total. The summed E-state index contributed by atoms with van der Waals surface area (Å²) in [7, 11) is 6.98. The van der Waals surface area contributed by atoms with Gasteiger partial charge in [-0.1, -0.05) is 34.9 Å². The Kier molecular flexibility index (Phi) is 12.9. The van der Waals surface area contributed by atoms with Gasteiger partial charge in [-0.05, 0) is 44.2 Å². The van der Waals surface area contributed by atoms with E-state index in [4.69, 9.17) is 18.9 Å². The first-order chi connectivity index (χ1) is 16.8. The van der Waals surface area contributed by atoms with Crippen LogP contribution in [0.3, 0.4) is 0 Å². The van der Waals surface area contributed by atoms with Crippen LogP contribution in [-0.4, -0.2) is 66.2 Å². The summed E-state index contributed by atoms with van der Waals surface area (Å²) >= 11 is 0. The number of methoxy groups -OCH3 is 2. The second kappa shape index (κ2) is 15.4. The molecule has 1 aliphatic rings. The van der Waals surface area contributed by atoms with Gasteiger partial charge in [0.25, 0.3) is 0 Å². The first kappa shape index (κ1) is 29.5. The van der Waals surface area contributed by atoms with Crippen LogP contribution >= 0.6 is 21.6 Å². The number of aliphatic hydroxyl groups excluding tert-OH is 1. The summed E-state index contributed by atoms with van der Waals surface area (Å²) < 4.78 is 21.5. The number of rotatable bonds is 14. The molecular formula is C25H39NO7S2. The predicted molar refractivity (Wildman–Crippen MR) is 140 cm³/mol. The van der Waals surface area contributed by atoms with E-state index in [-0.39, 0.29) is 31.1 Å². The van der Waals surface area contributed by atoms with Gasteiger partial charge in [0.1, 0.15) is 11.5 Å². The zero-order valence-corrected chi connectivity index (χ0v) is 23.0. The lowest BCUT2D eigenvalue weighted by Gasteiger charge is -2.33. The predicted octanol–water partition coefficient (Wildman–Crippen LogP) is 5.26. The number of carbonyl (C=O) groups excluding carboxylic acids is 2. The molecule has 10 heteroatoms. The van der Waals surface area contributed by atoms with Crippen LogP contribution in [0.1, 0.15) is 58.4 Å². The van der Waals surface area contributed by atoms with Gasteiger partial charge in [-0.2, -0.15) is 0 Å². The SMILES string of the molecule is COc1ccc(CN(C(=O)OC(C)OC(=O)CCCCC2CCSS2)C(C)C(C)CO)c(OC)c1. The Labute approximate surface area is 216 Å². The molecule has 1 aromatic rings. The summed E-state index contributed by atoms with van der Waals surface area (Å²) in [5, 5.41) is 10.3. The lowest BCUT2D eigenvalue weighted by atomic mass is 10.0. The number of benzene rings is 1. The van der Waals surface area contributed by atoms with Crippen LogP contribution in [0, 0.1) is 5.92 Å². The zero-order chi connectivity index (χ0) is 25.8. The lowest BCUT2D eigenvalue weighted by molar-refractivity contribution is -0.166. The average Bonchev–Trinajstić information content (AvgIpc) is 3.37. The molecule has 4 atom stereocenters. The molecular weight excluding hydrogens is 490 g/mol. The second-order valence-electron chi connectivity index (χ2n) is 8.72. The van der Waals surface area contributed by atoms with E-state index in [0.717, 1.165) is 24.8 Å². The third-order valence-electron chi connectivity index (χ3n) is 6.12. The number of aliphatic hydroxyl groups is 1. The van der Waals surface area contributed by atoms with Gasteiger partial charge < -0.3 is 29.0 Å². The van der Waals surface area contributed by atoms with Crippen LogP contribution in [0.15, 0.2) is 18.2 Å².